The van der Waals surface area contributed by atoms with E-state index in [4.69, 9.17) is 9.53 Å². The maximum Gasteiger partial charge on any atom is 0.303 e. The summed E-state index contributed by atoms with van der Waals surface area (Å²) in [6.45, 7) is 11.7. The van der Waals surface area contributed by atoms with Crippen molar-refractivity contribution in [3.8, 4) is 0 Å². The van der Waals surface area contributed by atoms with Crippen LogP contribution in [0.2, 0.25) is 18.1 Å². The lowest BCUT2D eigenvalue weighted by atomic mass is 9.87. The molecular formula is C26H48O4Si. The van der Waals surface area contributed by atoms with Crippen molar-refractivity contribution in [2.24, 2.45) is 11.8 Å². The van der Waals surface area contributed by atoms with Crippen LogP contribution in [-0.2, 0) is 9.22 Å². The van der Waals surface area contributed by atoms with Crippen LogP contribution in [0.4, 0.5) is 0 Å². The topological polar surface area (TPSA) is 66.8 Å². The van der Waals surface area contributed by atoms with E-state index in [2.05, 4.69) is 39.9 Å². The maximum atomic E-state index is 10.6. The molecule has 1 saturated carbocycles. The van der Waals surface area contributed by atoms with Crippen LogP contribution in [0.5, 0.6) is 0 Å². The molecule has 1 unspecified atom stereocenters. The number of carboxylic acid groups (broad SMARTS) is 1. The minimum Gasteiger partial charge on any atom is -0.481 e. The fourth-order valence-corrected chi connectivity index (χ4v) is 6.50. The number of carboxylic acids is 1. The van der Waals surface area contributed by atoms with Crippen molar-refractivity contribution in [3.05, 3.63) is 11.6 Å². The number of aliphatic carboxylic acids is 1. The third-order valence-corrected chi connectivity index (χ3v) is 12.6. The molecule has 2 aliphatic carbocycles. The van der Waals surface area contributed by atoms with Gasteiger partial charge in [-0.15, -0.1) is 0 Å². The molecule has 0 heterocycles. The third kappa shape index (κ3) is 8.32. The Labute approximate surface area is 192 Å². The number of hydrogen-bond acceptors (Lipinski definition) is 3. The molecule has 4 nitrogen and oxygen atoms in total. The van der Waals surface area contributed by atoms with Crippen molar-refractivity contribution in [2.75, 3.05) is 0 Å². The van der Waals surface area contributed by atoms with Crippen LogP contribution in [0, 0.1) is 11.8 Å². The van der Waals surface area contributed by atoms with Crippen molar-refractivity contribution in [1.82, 2.24) is 0 Å². The van der Waals surface area contributed by atoms with E-state index in [1.807, 2.05) is 0 Å². The highest BCUT2D eigenvalue weighted by Gasteiger charge is 2.41. The molecule has 180 valence electrons. The first-order chi connectivity index (χ1) is 14.5. The molecular weight excluding hydrogens is 404 g/mol. The first kappa shape index (κ1) is 26.6. The zero-order valence-corrected chi connectivity index (χ0v) is 21.8. The van der Waals surface area contributed by atoms with Crippen LogP contribution in [-0.4, -0.2) is 36.7 Å². The van der Waals surface area contributed by atoms with Gasteiger partial charge in [-0.2, -0.15) is 0 Å². The summed E-state index contributed by atoms with van der Waals surface area (Å²) in [4.78, 5) is 10.6. The molecule has 2 N–H and O–H groups in total. The monoisotopic (exact) mass is 452 g/mol. The zero-order chi connectivity index (χ0) is 23.1. The van der Waals surface area contributed by atoms with E-state index in [9.17, 15) is 9.90 Å². The Morgan fingerprint density at radius 1 is 1.16 bits per heavy atom. The van der Waals surface area contributed by atoms with Gasteiger partial charge in [0.05, 0.1) is 6.10 Å². The lowest BCUT2D eigenvalue weighted by Gasteiger charge is -2.41. The molecule has 1 fully saturated rings. The van der Waals surface area contributed by atoms with Gasteiger partial charge in [-0.1, -0.05) is 64.5 Å². The molecule has 3 atom stereocenters. The summed E-state index contributed by atoms with van der Waals surface area (Å²) in [5, 5.41) is 19.5. The lowest BCUT2D eigenvalue weighted by molar-refractivity contribution is -0.137. The summed E-state index contributed by atoms with van der Waals surface area (Å²) in [6.07, 6.45) is 15.8. The second kappa shape index (κ2) is 12.0. The quantitative estimate of drug-likeness (QED) is 0.178. The predicted octanol–water partition coefficient (Wildman–Crippen LogP) is 7.08. The Bertz CT molecular complexity index is 587. The van der Waals surface area contributed by atoms with Crippen LogP contribution >= 0.6 is 0 Å². The lowest BCUT2D eigenvalue weighted by Crippen LogP contribution is -2.45. The van der Waals surface area contributed by atoms with Crippen molar-refractivity contribution < 1.29 is 19.4 Å². The number of carbonyl (C=O) groups is 1. The van der Waals surface area contributed by atoms with Gasteiger partial charge in [0.1, 0.15) is 0 Å². The second-order valence-corrected chi connectivity index (χ2v) is 16.3. The summed E-state index contributed by atoms with van der Waals surface area (Å²) in [7, 11) is -1.80. The van der Waals surface area contributed by atoms with Gasteiger partial charge in [0.25, 0.3) is 0 Å². The van der Waals surface area contributed by atoms with Crippen molar-refractivity contribution in [2.45, 2.75) is 135 Å². The van der Waals surface area contributed by atoms with Crippen LogP contribution in [0.15, 0.2) is 11.6 Å². The highest BCUT2D eigenvalue weighted by Crippen LogP contribution is 2.42. The van der Waals surface area contributed by atoms with Crippen molar-refractivity contribution >= 4 is 14.3 Å². The largest absolute Gasteiger partial charge is 0.481 e. The fourth-order valence-electron chi connectivity index (χ4n) is 5.08. The number of unbranched alkanes of at least 4 members (excludes halogenated alkanes) is 3. The van der Waals surface area contributed by atoms with Crippen molar-refractivity contribution in [1.29, 1.82) is 0 Å². The Morgan fingerprint density at radius 2 is 1.81 bits per heavy atom. The molecule has 0 bridgehead atoms. The van der Waals surface area contributed by atoms with Crippen molar-refractivity contribution in [3.63, 3.8) is 0 Å². The smallest absolute Gasteiger partial charge is 0.303 e. The number of hydrogen-bond donors (Lipinski definition) is 2. The van der Waals surface area contributed by atoms with Gasteiger partial charge in [-0.3, -0.25) is 4.79 Å². The number of aliphatic hydroxyl groups is 1. The fraction of sp³-hybridized carbons (Fsp3) is 0.885. The molecule has 31 heavy (non-hydrogen) atoms. The van der Waals surface area contributed by atoms with Crippen LogP contribution < -0.4 is 0 Å². The molecule has 0 radical (unpaired) electrons. The molecule has 0 aromatic rings. The Hall–Kier alpha value is -0.653. The average molecular weight is 453 g/mol. The van der Waals surface area contributed by atoms with Gasteiger partial charge in [0.15, 0.2) is 8.32 Å². The third-order valence-electron chi connectivity index (χ3n) is 8.11. The molecule has 2 aliphatic rings. The van der Waals surface area contributed by atoms with E-state index in [0.29, 0.717) is 12.0 Å². The SMILES string of the molecule is CC(C)(C)[Si](C)(C)OC(CCC1=CC[C@H](O)[C@@H]1CCCCCCC(=O)O)C1CCCC1. The van der Waals surface area contributed by atoms with E-state index in [1.54, 1.807) is 0 Å². The summed E-state index contributed by atoms with van der Waals surface area (Å²) >= 11 is 0. The highest BCUT2D eigenvalue weighted by atomic mass is 28.4. The van der Waals surface area contributed by atoms with Gasteiger partial charge in [-0.25, -0.2) is 0 Å². The van der Waals surface area contributed by atoms with Gasteiger partial charge in [-0.05, 0) is 69.0 Å². The predicted molar refractivity (Wildman–Crippen MR) is 131 cm³/mol. The normalized spacial score (nSPS) is 23.9. The molecule has 0 aromatic heterocycles. The van der Waals surface area contributed by atoms with E-state index in [1.165, 1.54) is 31.3 Å². The van der Waals surface area contributed by atoms with Gasteiger partial charge in [0, 0.05) is 18.4 Å². The molecule has 5 heteroatoms. The summed E-state index contributed by atoms with van der Waals surface area (Å²) < 4.78 is 6.95. The molecule has 0 saturated heterocycles. The zero-order valence-electron chi connectivity index (χ0n) is 20.8. The summed E-state index contributed by atoms with van der Waals surface area (Å²) in [6, 6.07) is 0. The Morgan fingerprint density at radius 3 is 2.42 bits per heavy atom. The first-order valence-corrected chi connectivity index (χ1v) is 15.7. The molecule has 2 rings (SSSR count). The van der Waals surface area contributed by atoms with Gasteiger partial charge < -0.3 is 14.6 Å². The average Bonchev–Trinajstić information content (AvgIpc) is 3.31. The number of rotatable bonds is 13. The van der Waals surface area contributed by atoms with E-state index >= 15 is 0 Å². The van der Waals surface area contributed by atoms with Gasteiger partial charge >= 0.3 is 5.97 Å². The summed E-state index contributed by atoms with van der Waals surface area (Å²) in [5.41, 5.74) is 1.44. The number of aliphatic hydroxyl groups excluding tert-OH is 1. The minimum absolute atomic E-state index is 0.232. The molecule has 0 spiro atoms. The first-order valence-electron chi connectivity index (χ1n) is 12.8. The summed E-state index contributed by atoms with van der Waals surface area (Å²) in [5.74, 6) is 0.290. The maximum absolute atomic E-state index is 10.6. The molecule has 0 aromatic carbocycles. The molecule has 0 aliphatic heterocycles. The molecule has 0 amide bonds. The van der Waals surface area contributed by atoms with E-state index in [0.717, 1.165) is 51.4 Å². The van der Waals surface area contributed by atoms with Gasteiger partial charge in [0.2, 0.25) is 0 Å². The highest BCUT2D eigenvalue weighted by molar-refractivity contribution is 6.74. The van der Waals surface area contributed by atoms with Crippen LogP contribution in [0.1, 0.15) is 104 Å². The van der Waals surface area contributed by atoms with Crippen LogP contribution in [0.25, 0.3) is 0 Å². The van der Waals surface area contributed by atoms with E-state index in [-0.39, 0.29) is 23.5 Å². The second-order valence-electron chi connectivity index (χ2n) is 11.5. The van der Waals surface area contributed by atoms with Crippen LogP contribution in [0.3, 0.4) is 0 Å². The van der Waals surface area contributed by atoms with E-state index < -0.39 is 14.3 Å². The minimum atomic E-state index is -1.80. The Balaban J connectivity index is 1.88. The Kier molecular flexibility index (Phi) is 10.3. The standard InChI is InChI=1S/C26H48O4Si/c1-26(2,3)31(4,5)30-24(21-12-10-11-13-21)19-17-20-16-18-23(27)22(20)14-8-6-7-9-15-25(28)29/h16,21-24,27H,6-15,17-19H2,1-5H3,(H,28,29)/t22-,23+,24?/m1/s1.